The van der Waals surface area contributed by atoms with Crippen LogP contribution in [0.3, 0.4) is 0 Å². The fourth-order valence-corrected chi connectivity index (χ4v) is 2.02. The molecule has 1 amide bonds. The van der Waals surface area contributed by atoms with Gasteiger partial charge in [0, 0.05) is 18.8 Å². The Balaban J connectivity index is 1.87. The molecular formula is C11H16F2N4O2. The van der Waals surface area contributed by atoms with Crippen LogP contribution in [-0.4, -0.2) is 33.6 Å². The van der Waals surface area contributed by atoms with Crippen LogP contribution >= 0.6 is 0 Å². The van der Waals surface area contributed by atoms with Crippen LogP contribution in [0.15, 0.2) is 0 Å². The molecule has 0 spiro atoms. The van der Waals surface area contributed by atoms with Crippen molar-refractivity contribution in [1.82, 2.24) is 15.2 Å². The second-order valence-electron chi connectivity index (χ2n) is 4.52. The molecule has 1 fully saturated rings. The van der Waals surface area contributed by atoms with E-state index >= 15 is 0 Å². The van der Waals surface area contributed by atoms with Crippen LogP contribution in [0.1, 0.15) is 32.6 Å². The SMILES string of the molecule is CCOc1n[nH]c(NC(=O)C2CCC(F)(F)CC2)n1. The van der Waals surface area contributed by atoms with E-state index in [2.05, 4.69) is 20.5 Å². The molecule has 0 aromatic carbocycles. The van der Waals surface area contributed by atoms with Crippen molar-refractivity contribution >= 4 is 11.9 Å². The molecular weight excluding hydrogens is 258 g/mol. The highest BCUT2D eigenvalue weighted by atomic mass is 19.3. The molecule has 0 aliphatic heterocycles. The molecule has 1 aromatic rings. The summed E-state index contributed by atoms with van der Waals surface area (Å²) in [6, 6.07) is 0.146. The van der Waals surface area contributed by atoms with Gasteiger partial charge in [-0.3, -0.25) is 10.1 Å². The van der Waals surface area contributed by atoms with Crippen molar-refractivity contribution in [2.75, 3.05) is 11.9 Å². The van der Waals surface area contributed by atoms with E-state index < -0.39 is 11.8 Å². The van der Waals surface area contributed by atoms with Crippen molar-refractivity contribution in [1.29, 1.82) is 0 Å². The lowest BCUT2D eigenvalue weighted by Crippen LogP contribution is -2.32. The second kappa shape index (κ2) is 5.50. The molecule has 1 heterocycles. The lowest BCUT2D eigenvalue weighted by molar-refractivity contribution is -0.124. The summed E-state index contributed by atoms with van der Waals surface area (Å²) in [5.74, 6) is -3.17. The van der Waals surface area contributed by atoms with E-state index in [-0.39, 0.29) is 43.5 Å². The third kappa shape index (κ3) is 3.62. The molecule has 0 atom stereocenters. The topological polar surface area (TPSA) is 79.9 Å². The van der Waals surface area contributed by atoms with Crippen LogP contribution in [-0.2, 0) is 4.79 Å². The van der Waals surface area contributed by atoms with E-state index in [1.54, 1.807) is 6.92 Å². The number of aromatic amines is 1. The maximum absolute atomic E-state index is 13.0. The minimum absolute atomic E-state index is 0.146. The fourth-order valence-electron chi connectivity index (χ4n) is 2.02. The number of nitrogens with zero attached hydrogens (tertiary/aromatic N) is 2. The molecule has 0 saturated heterocycles. The van der Waals surface area contributed by atoms with Gasteiger partial charge in [0.2, 0.25) is 17.8 Å². The average Bonchev–Trinajstić information content (AvgIpc) is 2.77. The van der Waals surface area contributed by atoms with Gasteiger partial charge in [-0.15, -0.1) is 5.10 Å². The highest BCUT2D eigenvalue weighted by molar-refractivity contribution is 5.90. The number of H-pyrrole nitrogens is 1. The van der Waals surface area contributed by atoms with Crippen LogP contribution < -0.4 is 10.1 Å². The zero-order valence-electron chi connectivity index (χ0n) is 10.6. The first-order chi connectivity index (χ1) is 9.00. The van der Waals surface area contributed by atoms with E-state index in [1.807, 2.05) is 0 Å². The van der Waals surface area contributed by atoms with Gasteiger partial charge in [0.15, 0.2) is 0 Å². The number of alkyl halides is 2. The number of hydrogen-bond acceptors (Lipinski definition) is 4. The highest BCUT2D eigenvalue weighted by Gasteiger charge is 2.37. The molecule has 19 heavy (non-hydrogen) atoms. The maximum Gasteiger partial charge on any atom is 0.337 e. The van der Waals surface area contributed by atoms with Crippen molar-refractivity contribution in [3.8, 4) is 6.01 Å². The van der Waals surface area contributed by atoms with Gasteiger partial charge in [-0.2, -0.15) is 4.98 Å². The Labute approximate surface area is 108 Å². The molecule has 8 heteroatoms. The fraction of sp³-hybridized carbons (Fsp3) is 0.727. The largest absolute Gasteiger partial charge is 0.463 e. The molecule has 1 aromatic heterocycles. The normalized spacial score (nSPS) is 19.1. The molecule has 1 saturated carbocycles. The smallest absolute Gasteiger partial charge is 0.337 e. The third-order valence-corrected chi connectivity index (χ3v) is 3.07. The molecule has 6 nitrogen and oxygen atoms in total. The number of aromatic nitrogens is 3. The van der Waals surface area contributed by atoms with Crippen LogP contribution in [0.2, 0.25) is 0 Å². The number of carbonyl (C=O) groups is 1. The van der Waals surface area contributed by atoms with Gasteiger partial charge in [0.1, 0.15) is 0 Å². The number of amides is 1. The predicted molar refractivity (Wildman–Crippen MR) is 63.1 cm³/mol. The number of rotatable bonds is 4. The Morgan fingerprint density at radius 2 is 2.21 bits per heavy atom. The Morgan fingerprint density at radius 1 is 1.53 bits per heavy atom. The minimum atomic E-state index is -2.63. The van der Waals surface area contributed by atoms with Crippen LogP contribution in [0, 0.1) is 5.92 Å². The Bertz CT molecular complexity index is 440. The number of hydrogen-bond donors (Lipinski definition) is 2. The molecule has 1 aliphatic carbocycles. The van der Waals surface area contributed by atoms with E-state index in [4.69, 9.17) is 4.74 Å². The van der Waals surface area contributed by atoms with E-state index in [0.717, 1.165) is 0 Å². The van der Waals surface area contributed by atoms with Crippen molar-refractivity contribution in [3.63, 3.8) is 0 Å². The first-order valence-corrected chi connectivity index (χ1v) is 6.24. The molecule has 0 radical (unpaired) electrons. The minimum Gasteiger partial charge on any atom is -0.463 e. The van der Waals surface area contributed by atoms with Crippen LogP contribution in [0.25, 0.3) is 0 Å². The predicted octanol–water partition coefficient (Wildman–Crippen LogP) is 1.97. The molecule has 106 valence electrons. The molecule has 0 unspecified atom stereocenters. The van der Waals surface area contributed by atoms with Gasteiger partial charge in [-0.05, 0) is 19.8 Å². The quantitative estimate of drug-likeness (QED) is 0.879. The lowest BCUT2D eigenvalue weighted by atomic mass is 9.86. The van der Waals surface area contributed by atoms with Crippen LogP contribution in [0.4, 0.5) is 14.7 Å². The lowest BCUT2D eigenvalue weighted by Gasteiger charge is -2.26. The van der Waals surface area contributed by atoms with E-state index in [9.17, 15) is 13.6 Å². The van der Waals surface area contributed by atoms with Crippen molar-refractivity contribution < 1.29 is 18.3 Å². The number of nitrogens with one attached hydrogen (secondary N) is 2. The summed E-state index contributed by atoms with van der Waals surface area (Å²) in [7, 11) is 0. The summed E-state index contributed by atoms with van der Waals surface area (Å²) in [5, 5.41) is 8.77. The molecule has 2 rings (SSSR count). The van der Waals surface area contributed by atoms with Crippen molar-refractivity contribution in [3.05, 3.63) is 0 Å². The molecule has 2 N–H and O–H groups in total. The standard InChI is InChI=1S/C11H16F2N4O2/c1-2-19-10-15-9(16-17-10)14-8(18)7-3-5-11(12,13)6-4-7/h7H,2-6H2,1H3,(H2,14,15,16,17,18). The average molecular weight is 274 g/mol. The Morgan fingerprint density at radius 3 is 2.84 bits per heavy atom. The van der Waals surface area contributed by atoms with Gasteiger partial charge in [0.25, 0.3) is 0 Å². The number of halogens is 2. The Hall–Kier alpha value is -1.73. The van der Waals surface area contributed by atoms with Gasteiger partial charge in [-0.25, -0.2) is 13.9 Å². The zero-order chi connectivity index (χ0) is 13.9. The van der Waals surface area contributed by atoms with E-state index in [0.29, 0.717) is 6.61 Å². The summed E-state index contributed by atoms with van der Waals surface area (Å²) in [4.78, 5) is 15.8. The van der Waals surface area contributed by atoms with Gasteiger partial charge >= 0.3 is 6.01 Å². The first kappa shape index (κ1) is 13.7. The number of carbonyl (C=O) groups excluding carboxylic acids is 1. The maximum atomic E-state index is 13.0. The number of anilines is 1. The molecule has 1 aliphatic rings. The van der Waals surface area contributed by atoms with Gasteiger partial charge in [0.05, 0.1) is 6.61 Å². The van der Waals surface area contributed by atoms with Gasteiger partial charge in [-0.1, -0.05) is 0 Å². The summed E-state index contributed by atoms with van der Waals surface area (Å²) in [6.07, 6.45) is -0.117. The highest BCUT2D eigenvalue weighted by Crippen LogP contribution is 2.36. The zero-order valence-corrected chi connectivity index (χ0v) is 10.6. The van der Waals surface area contributed by atoms with E-state index in [1.165, 1.54) is 0 Å². The Kier molecular flexibility index (Phi) is 3.96. The second-order valence-corrected chi connectivity index (χ2v) is 4.52. The third-order valence-electron chi connectivity index (χ3n) is 3.07. The van der Waals surface area contributed by atoms with Crippen molar-refractivity contribution in [2.45, 2.75) is 38.5 Å². The van der Waals surface area contributed by atoms with Gasteiger partial charge < -0.3 is 4.74 Å². The van der Waals surface area contributed by atoms with Crippen molar-refractivity contribution in [2.24, 2.45) is 5.92 Å². The first-order valence-electron chi connectivity index (χ1n) is 6.24. The summed E-state index contributed by atoms with van der Waals surface area (Å²) in [6.45, 7) is 2.21. The summed E-state index contributed by atoms with van der Waals surface area (Å²) in [5.41, 5.74) is 0. The molecule has 0 bridgehead atoms. The van der Waals surface area contributed by atoms with Crippen LogP contribution in [0.5, 0.6) is 6.01 Å². The summed E-state index contributed by atoms with van der Waals surface area (Å²) >= 11 is 0. The monoisotopic (exact) mass is 274 g/mol. The number of ether oxygens (including phenoxy) is 1. The summed E-state index contributed by atoms with van der Waals surface area (Å²) < 4.78 is 31.0.